The molecule has 0 aromatic rings. The van der Waals surface area contributed by atoms with Gasteiger partial charge in [0.2, 0.25) is 5.91 Å². The van der Waals surface area contributed by atoms with Crippen molar-refractivity contribution in [2.75, 3.05) is 0 Å². The van der Waals surface area contributed by atoms with E-state index >= 15 is 0 Å². The molecule has 112 valence electrons. The van der Waals surface area contributed by atoms with Crippen LogP contribution in [0.1, 0.15) is 52.4 Å². The van der Waals surface area contributed by atoms with Crippen molar-refractivity contribution in [2.45, 2.75) is 58.4 Å². The monoisotopic (exact) mass is 295 g/mol. The summed E-state index contributed by atoms with van der Waals surface area (Å²) in [5, 5.41) is 1.88. The van der Waals surface area contributed by atoms with E-state index in [0.717, 1.165) is 37.0 Å². The molecule has 0 heterocycles. The lowest BCUT2D eigenvalue weighted by Crippen LogP contribution is -2.60. The summed E-state index contributed by atoms with van der Waals surface area (Å²) in [6.45, 7) is 3.97. The van der Waals surface area contributed by atoms with Gasteiger partial charge >= 0.3 is 0 Å². The summed E-state index contributed by atoms with van der Waals surface area (Å²) >= 11 is 5.04. The highest BCUT2D eigenvalue weighted by molar-refractivity contribution is 7.80. The van der Waals surface area contributed by atoms with E-state index in [9.17, 15) is 4.79 Å². The molecule has 0 aromatic carbocycles. The number of hydrazine groups is 1. The highest BCUT2D eigenvalue weighted by Gasteiger charge is 2.54. The van der Waals surface area contributed by atoms with Crippen molar-refractivity contribution in [2.24, 2.45) is 28.9 Å². The van der Waals surface area contributed by atoms with Crippen molar-refractivity contribution in [1.82, 2.24) is 10.4 Å². The number of nitrogens with zero attached hydrogens (tertiary/aromatic N) is 1. The Hall–Kier alpha value is -0.840. The van der Waals surface area contributed by atoms with Crippen molar-refractivity contribution in [1.29, 1.82) is 0 Å². The highest BCUT2D eigenvalue weighted by atomic mass is 32.1. The van der Waals surface area contributed by atoms with Crippen LogP contribution in [0.25, 0.3) is 0 Å². The van der Waals surface area contributed by atoms with E-state index < -0.39 is 0 Å². The zero-order valence-electron chi connectivity index (χ0n) is 12.4. The van der Waals surface area contributed by atoms with E-state index in [1.54, 1.807) is 5.01 Å². The minimum Gasteiger partial charge on any atom is -0.375 e. The topological polar surface area (TPSA) is 58.4 Å². The summed E-state index contributed by atoms with van der Waals surface area (Å²) in [7, 11) is 0. The van der Waals surface area contributed by atoms with Crippen molar-refractivity contribution >= 4 is 23.2 Å². The number of rotatable bonds is 2. The number of thiocarbonyl (C=S) groups is 1. The van der Waals surface area contributed by atoms with Crippen LogP contribution in [0.3, 0.4) is 0 Å². The van der Waals surface area contributed by atoms with E-state index in [2.05, 4.69) is 5.43 Å². The molecule has 0 spiro atoms. The number of hydrogen-bond donors (Lipinski definition) is 2. The first-order valence-electron chi connectivity index (χ1n) is 7.79. The summed E-state index contributed by atoms with van der Waals surface area (Å²) in [5.74, 6) is 2.45. The molecule has 4 aliphatic rings. The Kier molecular flexibility index (Phi) is 3.43. The Bertz CT molecular complexity index is 400. The zero-order chi connectivity index (χ0) is 14.5. The molecule has 0 aliphatic heterocycles. The van der Waals surface area contributed by atoms with Gasteiger partial charge in [0, 0.05) is 6.04 Å². The van der Waals surface area contributed by atoms with Crippen LogP contribution in [0.4, 0.5) is 0 Å². The molecule has 5 heteroatoms. The minimum atomic E-state index is -0.146. The predicted octanol–water partition coefficient (Wildman–Crippen LogP) is 2.19. The number of carbonyl (C=O) groups is 1. The molecule has 0 atom stereocenters. The first-order chi connectivity index (χ1) is 9.39. The summed E-state index contributed by atoms with van der Waals surface area (Å²) in [4.78, 5) is 12.8. The molecular weight excluding hydrogens is 270 g/mol. The second-order valence-corrected chi connectivity index (χ2v) is 7.86. The third-order valence-corrected chi connectivity index (χ3v) is 5.69. The Labute approximate surface area is 126 Å². The standard InChI is InChI=1S/C15H25N3OS/c1-9(2)18(14(16)20)17-13(19)15-6-10-3-11(7-15)5-12(4-10)8-15/h9-12H,3-8H2,1-2H3,(H2,16,20)(H,17,19). The van der Waals surface area contributed by atoms with E-state index in [1.165, 1.54) is 19.3 Å². The maximum Gasteiger partial charge on any atom is 0.244 e. The van der Waals surface area contributed by atoms with Gasteiger partial charge in [-0.15, -0.1) is 0 Å². The highest BCUT2D eigenvalue weighted by Crippen LogP contribution is 2.60. The molecule has 20 heavy (non-hydrogen) atoms. The first kappa shape index (κ1) is 14.1. The molecule has 4 nitrogen and oxygen atoms in total. The fourth-order valence-corrected chi connectivity index (χ4v) is 5.31. The molecule has 0 saturated heterocycles. The molecule has 0 radical (unpaired) electrons. The molecular formula is C15H25N3OS. The Morgan fingerprint density at radius 1 is 1.20 bits per heavy atom. The number of amides is 1. The van der Waals surface area contributed by atoms with Gasteiger partial charge < -0.3 is 5.73 Å². The maximum atomic E-state index is 12.8. The molecule has 1 amide bonds. The van der Waals surface area contributed by atoms with Crippen LogP contribution in [-0.2, 0) is 4.79 Å². The van der Waals surface area contributed by atoms with Gasteiger partial charge in [0.25, 0.3) is 0 Å². The minimum absolute atomic E-state index is 0.0883. The molecule has 0 unspecified atom stereocenters. The lowest BCUT2D eigenvalue weighted by Gasteiger charge is -2.56. The van der Waals surface area contributed by atoms with Gasteiger partial charge in [-0.1, -0.05) is 0 Å². The van der Waals surface area contributed by atoms with Crippen LogP contribution >= 0.6 is 12.2 Å². The second-order valence-electron chi connectivity index (χ2n) is 7.44. The SMILES string of the molecule is CC(C)N(NC(=O)C12CC3CC(CC(C3)C1)C2)C(N)=S. The van der Waals surface area contributed by atoms with Crippen LogP contribution < -0.4 is 11.2 Å². The van der Waals surface area contributed by atoms with Gasteiger partial charge in [-0.2, -0.15) is 0 Å². The maximum absolute atomic E-state index is 12.8. The van der Waals surface area contributed by atoms with Gasteiger partial charge in [-0.25, -0.2) is 0 Å². The van der Waals surface area contributed by atoms with Gasteiger partial charge in [-0.05, 0) is 82.3 Å². The van der Waals surface area contributed by atoms with Gasteiger partial charge in [-0.3, -0.25) is 15.2 Å². The first-order valence-corrected chi connectivity index (χ1v) is 8.20. The van der Waals surface area contributed by atoms with Crippen LogP contribution in [-0.4, -0.2) is 22.1 Å². The van der Waals surface area contributed by atoms with Gasteiger partial charge in [0.05, 0.1) is 5.41 Å². The van der Waals surface area contributed by atoms with E-state index in [0.29, 0.717) is 0 Å². The van der Waals surface area contributed by atoms with Crippen molar-refractivity contribution in [3.8, 4) is 0 Å². The molecule has 4 saturated carbocycles. The third-order valence-electron chi connectivity index (χ3n) is 5.50. The zero-order valence-corrected chi connectivity index (χ0v) is 13.2. The van der Waals surface area contributed by atoms with Crippen LogP contribution in [0.2, 0.25) is 0 Å². The van der Waals surface area contributed by atoms with Crippen molar-refractivity contribution < 1.29 is 4.79 Å². The number of nitrogens with one attached hydrogen (secondary N) is 1. The second kappa shape index (κ2) is 4.86. The third kappa shape index (κ3) is 2.30. The summed E-state index contributed by atoms with van der Waals surface area (Å²) in [6.07, 6.45) is 7.22. The quantitative estimate of drug-likeness (QED) is 0.605. The smallest absolute Gasteiger partial charge is 0.244 e. The molecule has 4 bridgehead atoms. The molecule has 0 aromatic heterocycles. The summed E-state index contributed by atoms with van der Waals surface area (Å²) in [5.41, 5.74) is 8.58. The summed E-state index contributed by atoms with van der Waals surface area (Å²) < 4.78 is 0. The normalized spacial score (nSPS) is 38.0. The Morgan fingerprint density at radius 2 is 1.65 bits per heavy atom. The fraction of sp³-hybridized carbons (Fsp3) is 0.867. The Morgan fingerprint density at radius 3 is 2.00 bits per heavy atom. The number of nitrogens with two attached hydrogens (primary N) is 1. The average molecular weight is 295 g/mol. The lowest BCUT2D eigenvalue weighted by molar-refractivity contribution is -0.150. The lowest BCUT2D eigenvalue weighted by atomic mass is 9.49. The van der Waals surface area contributed by atoms with E-state index in [4.69, 9.17) is 18.0 Å². The predicted molar refractivity (Wildman–Crippen MR) is 82.5 cm³/mol. The van der Waals surface area contributed by atoms with Crippen LogP contribution in [0.5, 0.6) is 0 Å². The summed E-state index contributed by atoms with van der Waals surface area (Å²) in [6, 6.07) is 0.0883. The van der Waals surface area contributed by atoms with Gasteiger partial charge in [0.15, 0.2) is 5.11 Å². The van der Waals surface area contributed by atoms with Crippen LogP contribution in [0, 0.1) is 23.2 Å². The van der Waals surface area contributed by atoms with Gasteiger partial charge in [0.1, 0.15) is 0 Å². The molecule has 4 fully saturated rings. The van der Waals surface area contributed by atoms with E-state index in [-0.39, 0.29) is 22.5 Å². The molecule has 4 aliphatic carbocycles. The average Bonchev–Trinajstić information content (AvgIpc) is 2.32. The largest absolute Gasteiger partial charge is 0.375 e. The Balaban J connectivity index is 1.75. The molecule has 4 rings (SSSR count). The van der Waals surface area contributed by atoms with E-state index in [1.807, 2.05) is 13.8 Å². The number of carbonyl (C=O) groups excluding carboxylic acids is 1. The van der Waals surface area contributed by atoms with Crippen LogP contribution in [0.15, 0.2) is 0 Å². The van der Waals surface area contributed by atoms with Crippen molar-refractivity contribution in [3.63, 3.8) is 0 Å². The fourth-order valence-electron chi connectivity index (χ4n) is 5.06. The molecule has 3 N–H and O–H groups in total. The number of hydrogen-bond acceptors (Lipinski definition) is 2. The van der Waals surface area contributed by atoms with Crippen molar-refractivity contribution in [3.05, 3.63) is 0 Å².